The molecule has 20 heavy (non-hydrogen) atoms. The SMILES string of the molecule is CCNC(CC)c1ccn(Cc2cccc(Cl)c2F)c1. The van der Waals surface area contributed by atoms with Crippen LogP contribution in [0.1, 0.15) is 37.4 Å². The summed E-state index contributed by atoms with van der Waals surface area (Å²) in [4.78, 5) is 0. The molecule has 2 aromatic rings. The van der Waals surface area contributed by atoms with Crippen LogP contribution in [0.2, 0.25) is 5.02 Å². The van der Waals surface area contributed by atoms with Gasteiger partial charge in [0.05, 0.1) is 5.02 Å². The van der Waals surface area contributed by atoms with Crippen molar-refractivity contribution < 1.29 is 4.39 Å². The maximum absolute atomic E-state index is 13.9. The average Bonchev–Trinajstić information content (AvgIpc) is 2.89. The van der Waals surface area contributed by atoms with Crippen molar-refractivity contribution in [1.82, 2.24) is 9.88 Å². The van der Waals surface area contributed by atoms with Gasteiger partial charge in [-0.1, -0.05) is 37.6 Å². The summed E-state index contributed by atoms with van der Waals surface area (Å²) >= 11 is 5.81. The van der Waals surface area contributed by atoms with Crippen molar-refractivity contribution in [2.24, 2.45) is 0 Å². The molecule has 1 heterocycles. The van der Waals surface area contributed by atoms with Crippen LogP contribution >= 0.6 is 11.6 Å². The van der Waals surface area contributed by atoms with Crippen molar-refractivity contribution in [3.05, 3.63) is 58.6 Å². The van der Waals surface area contributed by atoms with Gasteiger partial charge >= 0.3 is 0 Å². The maximum Gasteiger partial charge on any atom is 0.146 e. The summed E-state index contributed by atoms with van der Waals surface area (Å²) in [5.41, 5.74) is 1.84. The van der Waals surface area contributed by atoms with Crippen LogP contribution in [0.5, 0.6) is 0 Å². The molecule has 0 aliphatic heterocycles. The molecule has 0 aliphatic carbocycles. The van der Waals surface area contributed by atoms with Crippen LogP contribution in [0.3, 0.4) is 0 Å². The molecule has 2 nitrogen and oxygen atoms in total. The molecular formula is C16H20ClFN2. The number of rotatable bonds is 6. The minimum atomic E-state index is -0.330. The number of benzene rings is 1. The van der Waals surface area contributed by atoms with Gasteiger partial charge in [-0.2, -0.15) is 0 Å². The van der Waals surface area contributed by atoms with Crippen LogP contribution in [0, 0.1) is 5.82 Å². The topological polar surface area (TPSA) is 17.0 Å². The molecule has 0 saturated carbocycles. The molecule has 1 atom stereocenters. The zero-order valence-electron chi connectivity index (χ0n) is 11.9. The third-order valence-corrected chi connectivity index (χ3v) is 3.71. The Kier molecular flexibility index (Phi) is 5.21. The Balaban J connectivity index is 2.15. The summed E-state index contributed by atoms with van der Waals surface area (Å²) < 4.78 is 15.9. The third-order valence-electron chi connectivity index (χ3n) is 3.42. The molecule has 0 fully saturated rings. The van der Waals surface area contributed by atoms with Crippen LogP contribution in [0.25, 0.3) is 0 Å². The fraction of sp³-hybridized carbons (Fsp3) is 0.375. The molecule has 4 heteroatoms. The fourth-order valence-corrected chi connectivity index (χ4v) is 2.57. The van der Waals surface area contributed by atoms with Crippen LogP contribution in [0.15, 0.2) is 36.7 Å². The second-order valence-electron chi connectivity index (χ2n) is 4.85. The van der Waals surface area contributed by atoms with E-state index in [1.54, 1.807) is 18.2 Å². The van der Waals surface area contributed by atoms with E-state index in [0.29, 0.717) is 18.2 Å². The Labute approximate surface area is 124 Å². The fourth-order valence-electron chi connectivity index (χ4n) is 2.38. The lowest BCUT2D eigenvalue weighted by molar-refractivity contribution is 0.536. The number of halogens is 2. The molecule has 1 aromatic carbocycles. The van der Waals surface area contributed by atoms with Crippen LogP contribution < -0.4 is 5.32 Å². The molecule has 0 bridgehead atoms. The van der Waals surface area contributed by atoms with Crippen LogP contribution in [-0.4, -0.2) is 11.1 Å². The Morgan fingerprint density at radius 1 is 1.30 bits per heavy atom. The van der Waals surface area contributed by atoms with E-state index in [1.807, 2.05) is 10.8 Å². The van der Waals surface area contributed by atoms with Gasteiger partial charge in [-0.3, -0.25) is 0 Å². The molecule has 0 saturated heterocycles. The van der Waals surface area contributed by atoms with E-state index in [4.69, 9.17) is 11.6 Å². The number of nitrogens with one attached hydrogen (secondary N) is 1. The van der Waals surface area contributed by atoms with E-state index >= 15 is 0 Å². The Hall–Kier alpha value is -1.32. The largest absolute Gasteiger partial charge is 0.349 e. The maximum atomic E-state index is 13.9. The van der Waals surface area contributed by atoms with Gasteiger partial charge in [0, 0.05) is 30.5 Å². The van der Waals surface area contributed by atoms with Crippen molar-refractivity contribution in [1.29, 1.82) is 0 Å². The van der Waals surface area contributed by atoms with Gasteiger partial charge in [-0.15, -0.1) is 0 Å². The molecule has 0 aliphatic rings. The van der Waals surface area contributed by atoms with Crippen molar-refractivity contribution >= 4 is 11.6 Å². The van der Waals surface area contributed by atoms with Crippen LogP contribution in [0.4, 0.5) is 4.39 Å². The Morgan fingerprint density at radius 2 is 2.10 bits per heavy atom. The molecule has 0 spiro atoms. The minimum absolute atomic E-state index is 0.175. The molecule has 0 radical (unpaired) electrons. The van der Waals surface area contributed by atoms with E-state index in [-0.39, 0.29) is 10.8 Å². The molecular weight excluding hydrogens is 275 g/mol. The molecule has 1 aromatic heterocycles. The summed E-state index contributed by atoms with van der Waals surface area (Å²) in [5, 5.41) is 3.61. The quantitative estimate of drug-likeness (QED) is 0.836. The lowest BCUT2D eigenvalue weighted by atomic mass is 10.1. The molecule has 1 N–H and O–H groups in total. The first kappa shape index (κ1) is 15.1. The number of hydrogen-bond donors (Lipinski definition) is 1. The van der Waals surface area contributed by atoms with Crippen molar-refractivity contribution in [2.75, 3.05) is 6.54 Å². The third kappa shape index (κ3) is 3.41. The first-order chi connectivity index (χ1) is 9.65. The van der Waals surface area contributed by atoms with Gasteiger partial charge in [0.15, 0.2) is 0 Å². The summed E-state index contributed by atoms with van der Waals surface area (Å²) in [7, 11) is 0. The smallest absolute Gasteiger partial charge is 0.146 e. The molecule has 1 unspecified atom stereocenters. The molecule has 108 valence electrons. The predicted molar refractivity (Wildman–Crippen MR) is 81.7 cm³/mol. The highest BCUT2D eigenvalue weighted by molar-refractivity contribution is 6.30. The predicted octanol–water partition coefficient (Wildman–Crippen LogP) is 4.39. The average molecular weight is 295 g/mol. The number of hydrogen-bond acceptors (Lipinski definition) is 1. The first-order valence-corrected chi connectivity index (χ1v) is 7.35. The lowest BCUT2D eigenvalue weighted by Crippen LogP contribution is -2.19. The Bertz CT molecular complexity index is 565. The van der Waals surface area contributed by atoms with E-state index in [9.17, 15) is 4.39 Å². The highest BCUT2D eigenvalue weighted by Gasteiger charge is 2.11. The summed E-state index contributed by atoms with van der Waals surface area (Å²) in [6.45, 7) is 5.68. The van der Waals surface area contributed by atoms with E-state index in [0.717, 1.165) is 13.0 Å². The molecule has 2 rings (SSSR count). The summed E-state index contributed by atoms with van der Waals surface area (Å²) in [6, 6.07) is 7.55. The summed E-state index contributed by atoms with van der Waals surface area (Å²) in [6.07, 6.45) is 5.08. The highest BCUT2D eigenvalue weighted by atomic mass is 35.5. The minimum Gasteiger partial charge on any atom is -0.349 e. The number of nitrogens with zero attached hydrogens (tertiary/aromatic N) is 1. The first-order valence-electron chi connectivity index (χ1n) is 6.97. The van der Waals surface area contributed by atoms with Crippen molar-refractivity contribution in [2.45, 2.75) is 32.9 Å². The monoisotopic (exact) mass is 294 g/mol. The van der Waals surface area contributed by atoms with Gasteiger partial charge in [-0.25, -0.2) is 4.39 Å². The molecule has 0 amide bonds. The van der Waals surface area contributed by atoms with Gasteiger partial charge < -0.3 is 9.88 Å². The highest BCUT2D eigenvalue weighted by Crippen LogP contribution is 2.21. The zero-order valence-corrected chi connectivity index (χ0v) is 12.6. The van der Waals surface area contributed by atoms with E-state index in [2.05, 4.69) is 31.4 Å². The van der Waals surface area contributed by atoms with Crippen molar-refractivity contribution in [3.63, 3.8) is 0 Å². The lowest BCUT2D eigenvalue weighted by Gasteiger charge is -2.14. The number of aromatic nitrogens is 1. The standard InChI is InChI=1S/C16H20ClFN2/c1-3-15(19-4-2)12-8-9-20(10-12)11-13-6-5-7-14(17)16(13)18/h5-10,15,19H,3-4,11H2,1-2H3. The second-order valence-corrected chi connectivity index (χ2v) is 5.26. The van der Waals surface area contributed by atoms with Gasteiger partial charge in [0.1, 0.15) is 5.82 Å². The van der Waals surface area contributed by atoms with E-state index in [1.165, 1.54) is 5.56 Å². The Morgan fingerprint density at radius 3 is 2.80 bits per heavy atom. The van der Waals surface area contributed by atoms with Gasteiger partial charge in [0.25, 0.3) is 0 Å². The van der Waals surface area contributed by atoms with Crippen LogP contribution in [-0.2, 0) is 6.54 Å². The van der Waals surface area contributed by atoms with Gasteiger partial charge in [0.2, 0.25) is 0 Å². The summed E-state index contributed by atoms with van der Waals surface area (Å²) in [5.74, 6) is -0.330. The van der Waals surface area contributed by atoms with Gasteiger partial charge in [-0.05, 0) is 30.7 Å². The normalized spacial score (nSPS) is 12.6. The van der Waals surface area contributed by atoms with E-state index < -0.39 is 0 Å². The second kappa shape index (κ2) is 6.91. The zero-order chi connectivity index (χ0) is 14.5. The van der Waals surface area contributed by atoms with Crippen molar-refractivity contribution in [3.8, 4) is 0 Å².